The first-order valence-electron chi connectivity index (χ1n) is 23.8. The third-order valence-electron chi connectivity index (χ3n) is 10.1. The number of carbonyl (C=O) groups excluding carboxylic acids is 2. The summed E-state index contributed by atoms with van der Waals surface area (Å²) in [5.74, 6) is -2.06. The van der Waals surface area contributed by atoms with Gasteiger partial charge in [0, 0.05) is 12.8 Å². The topological polar surface area (TPSA) is 108 Å². The van der Waals surface area contributed by atoms with Gasteiger partial charge in [0.1, 0.15) is 13.2 Å². The van der Waals surface area contributed by atoms with Crippen molar-refractivity contribution in [1.29, 1.82) is 0 Å². The minimum Gasteiger partial charge on any atom is -0.477 e. The first-order valence-corrected chi connectivity index (χ1v) is 23.8. The minimum atomic E-state index is -1.52. The first kappa shape index (κ1) is 56.2. The van der Waals surface area contributed by atoms with E-state index in [2.05, 4.69) is 62.5 Å². The predicted octanol–water partition coefficient (Wildman–Crippen LogP) is 12.8. The van der Waals surface area contributed by atoms with Crippen LogP contribution < -0.4 is 0 Å². The molecule has 0 bridgehead atoms. The van der Waals surface area contributed by atoms with Gasteiger partial charge in [-0.2, -0.15) is 0 Å². The first-order chi connectivity index (χ1) is 28.6. The SMILES string of the molecule is CC/C=C\C/C=C\C/C=C\C/C=C\CCCCC(=O)OC(COC(=O)CCCCCCCCCCCCCCCCCCCCC)COC(OCC[N+](C)(C)C)C(=O)O. The molecule has 0 aliphatic heterocycles. The van der Waals surface area contributed by atoms with Crippen LogP contribution in [-0.4, -0.2) is 87.4 Å². The lowest BCUT2D eigenvalue weighted by Crippen LogP contribution is -2.40. The maximum atomic E-state index is 12.7. The summed E-state index contributed by atoms with van der Waals surface area (Å²) in [6.45, 7) is 4.72. The fraction of sp³-hybridized carbons (Fsp3) is 0.780. The Morgan fingerprint density at radius 1 is 0.525 bits per heavy atom. The smallest absolute Gasteiger partial charge is 0.361 e. The maximum Gasteiger partial charge on any atom is 0.361 e. The zero-order valence-corrected chi connectivity index (χ0v) is 38.7. The van der Waals surface area contributed by atoms with Crippen molar-refractivity contribution in [2.24, 2.45) is 0 Å². The Bertz CT molecular complexity index is 1110. The number of allylic oxidation sites excluding steroid dienone is 8. The third kappa shape index (κ3) is 43.2. The zero-order valence-electron chi connectivity index (χ0n) is 38.7. The number of esters is 2. The molecule has 0 amide bonds. The molecule has 0 saturated heterocycles. The molecule has 9 heteroatoms. The van der Waals surface area contributed by atoms with E-state index in [1.165, 1.54) is 103 Å². The van der Waals surface area contributed by atoms with Gasteiger partial charge in [0.05, 0.1) is 34.4 Å². The van der Waals surface area contributed by atoms with Gasteiger partial charge in [-0.25, -0.2) is 4.79 Å². The molecule has 9 nitrogen and oxygen atoms in total. The lowest BCUT2D eigenvalue weighted by atomic mass is 10.0. The summed E-state index contributed by atoms with van der Waals surface area (Å²) in [7, 11) is 5.94. The number of hydrogen-bond donors (Lipinski definition) is 1. The highest BCUT2D eigenvalue weighted by atomic mass is 16.7. The van der Waals surface area contributed by atoms with Crippen molar-refractivity contribution in [2.45, 2.75) is 206 Å². The molecule has 59 heavy (non-hydrogen) atoms. The molecule has 0 spiro atoms. The average Bonchev–Trinajstić information content (AvgIpc) is 3.19. The number of nitrogens with zero attached hydrogens (tertiary/aromatic N) is 1. The zero-order chi connectivity index (χ0) is 43.5. The summed E-state index contributed by atoms with van der Waals surface area (Å²) in [5.41, 5.74) is 0. The number of carboxylic acid groups (broad SMARTS) is 1. The van der Waals surface area contributed by atoms with Gasteiger partial charge in [-0.15, -0.1) is 0 Å². The molecule has 0 aromatic rings. The molecule has 0 rings (SSSR count). The van der Waals surface area contributed by atoms with E-state index < -0.39 is 24.3 Å². The van der Waals surface area contributed by atoms with Crippen LogP contribution in [0.4, 0.5) is 0 Å². The summed E-state index contributed by atoms with van der Waals surface area (Å²) >= 11 is 0. The lowest BCUT2D eigenvalue weighted by Gasteiger charge is -2.25. The molecule has 0 aromatic carbocycles. The van der Waals surface area contributed by atoms with Crippen LogP contribution in [0.3, 0.4) is 0 Å². The van der Waals surface area contributed by atoms with Crippen LogP contribution in [0.15, 0.2) is 48.6 Å². The molecule has 1 N–H and O–H groups in total. The number of hydrogen-bond acceptors (Lipinski definition) is 7. The van der Waals surface area contributed by atoms with Crippen LogP contribution in [0.25, 0.3) is 0 Å². The van der Waals surface area contributed by atoms with Gasteiger partial charge in [0.15, 0.2) is 6.10 Å². The molecule has 0 radical (unpaired) electrons. The number of unbranched alkanes of at least 4 members (excludes halogenated alkanes) is 20. The largest absolute Gasteiger partial charge is 0.477 e. The number of carboxylic acids is 1. The lowest BCUT2D eigenvalue weighted by molar-refractivity contribution is -0.870. The summed E-state index contributed by atoms with van der Waals surface area (Å²) in [6.07, 6.45) is 46.1. The normalized spacial score (nSPS) is 13.3. The van der Waals surface area contributed by atoms with Gasteiger partial charge in [-0.05, 0) is 51.4 Å². The fourth-order valence-electron chi connectivity index (χ4n) is 6.41. The van der Waals surface area contributed by atoms with Crippen LogP contribution in [0.1, 0.15) is 194 Å². The second-order valence-corrected chi connectivity index (χ2v) is 17.0. The highest BCUT2D eigenvalue weighted by Crippen LogP contribution is 2.15. The summed E-state index contributed by atoms with van der Waals surface area (Å²) < 4.78 is 22.7. The fourth-order valence-corrected chi connectivity index (χ4v) is 6.41. The van der Waals surface area contributed by atoms with Crippen LogP contribution in [0, 0.1) is 0 Å². The Hall–Kier alpha value is -2.75. The van der Waals surface area contributed by atoms with Crippen molar-refractivity contribution in [3.8, 4) is 0 Å². The van der Waals surface area contributed by atoms with E-state index in [9.17, 15) is 19.5 Å². The number of rotatable bonds is 43. The van der Waals surface area contributed by atoms with Crippen molar-refractivity contribution in [2.75, 3.05) is 47.5 Å². The van der Waals surface area contributed by atoms with Crippen molar-refractivity contribution >= 4 is 17.9 Å². The highest BCUT2D eigenvalue weighted by Gasteiger charge is 2.25. The van der Waals surface area contributed by atoms with E-state index in [0.29, 0.717) is 23.9 Å². The van der Waals surface area contributed by atoms with Gasteiger partial charge in [-0.1, -0.05) is 178 Å². The molecule has 0 fully saturated rings. The number of likely N-dealkylation sites (N-methyl/N-ethyl adjacent to an activating group) is 1. The van der Waals surface area contributed by atoms with Crippen molar-refractivity contribution in [3.63, 3.8) is 0 Å². The molecule has 0 heterocycles. The molecule has 0 aromatic heterocycles. The van der Waals surface area contributed by atoms with Gasteiger partial charge in [0.25, 0.3) is 6.29 Å². The average molecular weight is 833 g/mol. The molecule has 342 valence electrons. The van der Waals surface area contributed by atoms with Gasteiger partial charge in [0.2, 0.25) is 0 Å². The van der Waals surface area contributed by atoms with E-state index in [0.717, 1.165) is 57.8 Å². The molecule has 0 aliphatic rings. The Labute approximate surface area is 362 Å². The molecule has 0 aliphatic carbocycles. The van der Waals surface area contributed by atoms with Crippen LogP contribution in [0.5, 0.6) is 0 Å². The molecule has 2 unspecified atom stereocenters. The minimum absolute atomic E-state index is 0.179. The summed E-state index contributed by atoms with van der Waals surface area (Å²) in [4.78, 5) is 37.1. The Morgan fingerprint density at radius 3 is 1.44 bits per heavy atom. The maximum absolute atomic E-state index is 12.7. The van der Waals surface area contributed by atoms with Gasteiger partial charge < -0.3 is 28.5 Å². The Balaban J connectivity index is 4.41. The summed E-state index contributed by atoms with van der Waals surface area (Å²) in [6, 6.07) is 0. The molecule has 0 saturated carbocycles. The van der Waals surface area contributed by atoms with Crippen LogP contribution >= 0.6 is 0 Å². The number of quaternary nitrogens is 1. The van der Waals surface area contributed by atoms with Crippen LogP contribution in [0.2, 0.25) is 0 Å². The van der Waals surface area contributed by atoms with E-state index >= 15 is 0 Å². The summed E-state index contributed by atoms with van der Waals surface area (Å²) in [5, 5.41) is 9.64. The second-order valence-electron chi connectivity index (χ2n) is 17.0. The molecule has 2 atom stereocenters. The molecular formula is C50H90NO8+. The quantitative estimate of drug-likeness (QED) is 0.0213. The van der Waals surface area contributed by atoms with Crippen LogP contribution in [-0.2, 0) is 33.3 Å². The Morgan fingerprint density at radius 2 is 0.966 bits per heavy atom. The van der Waals surface area contributed by atoms with E-state index in [1.807, 2.05) is 21.1 Å². The van der Waals surface area contributed by atoms with E-state index in [-0.39, 0.29) is 32.2 Å². The predicted molar refractivity (Wildman–Crippen MR) is 244 cm³/mol. The van der Waals surface area contributed by atoms with E-state index in [1.54, 1.807) is 0 Å². The second kappa shape index (κ2) is 42.0. The van der Waals surface area contributed by atoms with Gasteiger partial charge in [-0.3, -0.25) is 9.59 Å². The molecular weight excluding hydrogens is 743 g/mol. The number of ether oxygens (including phenoxy) is 4. The van der Waals surface area contributed by atoms with Crippen molar-refractivity contribution in [3.05, 3.63) is 48.6 Å². The monoisotopic (exact) mass is 833 g/mol. The standard InChI is InChI=1S/C50H89NO8/c1-6-8-10-12-14-16-18-20-22-23-24-25-27-28-30-32-34-36-38-40-47(52)57-44-46(45-58-50(49(54)55)56-43-42-51(3,4)5)59-48(53)41-39-37-35-33-31-29-26-21-19-17-15-13-11-9-7-2/h9,11,15,17,21,26,31,33,46,50H,6-8,10,12-14,16,18-20,22-25,27-30,32,34-45H2,1-5H3/p+1/b11-9-,17-15-,26-21-,33-31-. The van der Waals surface area contributed by atoms with E-state index in [4.69, 9.17) is 18.9 Å². The Kier molecular flexibility index (Phi) is 40.0. The highest BCUT2D eigenvalue weighted by molar-refractivity contribution is 5.71. The number of carbonyl (C=O) groups is 3. The van der Waals surface area contributed by atoms with Gasteiger partial charge >= 0.3 is 17.9 Å². The van der Waals surface area contributed by atoms with Crippen molar-refractivity contribution in [1.82, 2.24) is 0 Å². The number of aliphatic carboxylic acids is 1. The third-order valence-corrected chi connectivity index (χ3v) is 10.1. The van der Waals surface area contributed by atoms with Crippen molar-refractivity contribution < 1.29 is 42.9 Å².